The van der Waals surface area contributed by atoms with Crippen LogP contribution in [0.5, 0.6) is 0 Å². The van der Waals surface area contributed by atoms with E-state index in [1.807, 2.05) is 0 Å². The third kappa shape index (κ3) is 1.55. The smallest absolute Gasteiger partial charge is 0.229 e. The van der Waals surface area contributed by atoms with Crippen molar-refractivity contribution >= 4 is 34.8 Å². The average Bonchev–Trinajstić information content (AvgIpc) is 2.37. The predicted molar refractivity (Wildman–Crippen MR) is 49.8 cm³/mol. The van der Waals surface area contributed by atoms with Crippen molar-refractivity contribution in [1.82, 2.24) is 4.90 Å². The molecule has 2 nitrogen and oxygen atoms in total. The van der Waals surface area contributed by atoms with Crippen LogP contribution in [0, 0.1) is 0 Å². The SMILES string of the molecule is ClC(Cl)(Cl)[C@H]1OC[C@@H]2CCCN21. The van der Waals surface area contributed by atoms with Crippen LogP contribution in [-0.2, 0) is 4.74 Å². The fraction of sp³-hybridized carbons (Fsp3) is 1.00. The molecule has 2 atom stereocenters. The maximum absolute atomic E-state index is 5.77. The van der Waals surface area contributed by atoms with Gasteiger partial charge in [0.25, 0.3) is 0 Å². The van der Waals surface area contributed by atoms with E-state index in [-0.39, 0.29) is 6.23 Å². The van der Waals surface area contributed by atoms with Gasteiger partial charge in [-0.3, -0.25) is 4.90 Å². The number of rotatable bonds is 0. The standard InChI is InChI=1S/C7H10Cl3NO/c8-7(9,10)6-11-3-1-2-5(11)4-12-6/h5-6H,1-4H2/t5-,6+/m0/s1. The molecule has 2 rings (SSSR count). The highest BCUT2D eigenvalue weighted by Crippen LogP contribution is 2.40. The fourth-order valence-corrected chi connectivity index (χ4v) is 2.49. The molecule has 0 saturated carbocycles. The number of nitrogens with zero attached hydrogens (tertiary/aromatic N) is 1. The minimum Gasteiger partial charge on any atom is -0.357 e. The summed E-state index contributed by atoms with van der Waals surface area (Å²) in [7, 11) is 0. The summed E-state index contributed by atoms with van der Waals surface area (Å²) in [6.45, 7) is 1.70. The van der Waals surface area contributed by atoms with Gasteiger partial charge in [0.15, 0.2) is 6.23 Å². The van der Waals surface area contributed by atoms with E-state index < -0.39 is 3.79 Å². The Morgan fingerprint density at radius 2 is 2.08 bits per heavy atom. The number of alkyl halides is 3. The molecule has 12 heavy (non-hydrogen) atoms. The van der Waals surface area contributed by atoms with Crippen LogP contribution in [0.3, 0.4) is 0 Å². The Morgan fingerprint density at radius 1 is 1.33 bits per heavy atom. The molecule has 5 heteroatoms. The Bertz CT molecular complexity index is 182. The molecule has 0 aromatic carbocycles. The lowest BCUT2D eigenvalue weighted by molar-refractivity contribution is 0.0398. The number of hydrogen-bond acceptors (Lipinski definition) is 2. The number of ether oxygens (including phenoxy) is 1. The lowest BCUT2D eigenvalue weighted by Gasteiger charge is -2.27. The quantitative estimate of drug-likeness (QED) is 0.592. The zero-order chi connectivity index (χ0) is 8.77. The van der Waals surface area contributed by atoms with Crippen molar-refractivity contribution in [1.29, 1.82) is 0 Å². The Balaban J connectivity index is 2.09. The number of halogens is 3. The number of hydrogen-bond donors (Lipinski definition) is 0. The van der Waals surface area contributed by atoms with Crippen molar-refractivity contribution < 1.29 is 4.74 Å². The Labute approximate surface area is 86.7 Å². The van der Waals surface area contributed by atoms with Crippen LogP contribution in [0.1, 0.15) is 12.8 Å². The monoisotopic (exact) mass is 229 g/mol. The molecule has 0 aromatic heterocycles. The second-order valence-corrected chi connectivity index (χ2v) is 5.63. The summed E-state index contributed by atoms with van der Waals surface area (Å²) in [5, 5.41) is 0. The molecular weight excluding hydrogens is 220 g/mol. The van der Waals surface area contributed by atoms with Gasteiger partial charge in [-0.2, -0.15) is 0 Å². The van der Waals surface area contributed by atoms with Crippen LogP contribution in [0.4, 0.5) is 0 Å². The minimum absolute atomic E-state index is 0.338. The second-order valence-electron chi connectivity index (χ2n) is 3.26. The Morgan fingerprint density at radius 3 is 2.75 bits per heavy atom. The van der Waals surface area contributed by atoms with Gasteiger partial charge in [0.1, 0.15) is 0 Å². The zero-order valence-corrected chi connectivity index (χ0v) is 8.74. The first-order valence-corrected chi connectivity index (χ1v) is 5.16. The normalized spacial score (nSPS) is 37.2. The summed E-state index contributed by atoms with van der Waals surface area (Å²) in [6.07, 6.45) is 2.01. The Hall–Kier alpha value is 0.790. The lowest BCUT2D eigenvalue weighted by atomic mass is 10.2. The lowest BCUT2D eigenvalue weighted by Crippen LogP contribution is -2.40. The minimum atomic E-state index is -1.31. The molecule has 2 aliphatic rings. The van der Waals surface area contributed by atoms with Gasteiger partial charge >= 0.3 is 0 Å². The third-order valence-corrected chi connectivity index (χ3v) is 3.01. The van der Waals surface area contributed by atoms with E-state index >= 15 is 0 Å². The first-order chi connectivity index (χ1) is 5.59. The van der Waals surface area contributed by atoms with Crippen LogP contribution < -0.4 is 0 Å². The van der Waals surface area contributed by atoms with Crippen molar-refractivity contribution in [3.63, 3.8) is 0 Å². The van der Waals surface area contributed by atoms with E-state index in [0.717, 1.165) is 13.0 Å². The van der Waals surface area contributed by atoms with E-state index in [1.165, 1.54) is 6.42 Å². The molecule has 2 fully saturated rings. The summed E-state index contributed by atoms with van der Waals surface area (Å²) in [5.41, 5.74) is 0. The average molecular weight is 231 g/mol. The maximum atomic E-state index is 5.77. The molecule has 0 amide bonds. The van der Waals surface area contributed by atoms with Crippen molar-refractivity contribution in [3.8, 4) is 0 Å². The summed E-state index contributed by atoms with van der Waals surface area (Å²) < 4.78 is 4.11. The van der Waals surface area contributed by atoms with E-state index in [0.29, 0.717) is 12.6 Å². The molecule has 0 bridgehead atoms. The van der Waals surface area contributed by atoms with Crippen molar-refractivity contribution in [2.24, 2.45) is 0 Å². The predicted octanol–water partition coefficient (Wildman–Crippen LogP) is 2.18. The molecule has 2 aliphatic heterocycles. The fourth-order valence-electron chi connectivity index (χ4n) is 1.93. The summed E-state index contributed by atoms with van der Waals surface area (Å²) in [4.78, 5) is 2.15. The molecule has 0 unspecified atom stereocenters. The van der Waals surface area contributed by atoms with Crippen molar-refractivity contribution in [2.45, 2.75) is 28.9 Å². The highest BCUT2D eigenvalue weighted by Gasteiger charge is 2.47. The van der Waals surface area contributed by atoms with E-state index in [4.69, 9.17) is 39.5 Å². The van der Waals surface area contributed by atoms with Crippen molar-refractivity contribution in [2.75, 3.05) is 13.2 Å². The van der Waals surface area contributed by atoms with E-state index in [9.17, 15) is 0 Å². The van der Waals surface area contributed by atoms with Gasteiger partial charge in [0, 0.05) is 12.6 Å². The summed E-state index contributed by atoms with van der Waals surface area (Å²) in [6, 6.07) is 0.477. The first kappa shape index (κ1) is 9.35. The van der Waals surface area contributed by atoms with Gasteiger partial charge in [0.05, 0.1) is 6.61 Å². The van der Waals surface area contributed by atoms with Gasteiger partial charge in [-0.15, -0.1) is 0 Å². The molecule has 0 N–H and O–H groups in total. The second kappa shape index (κ2) is 3.18. The largest absolute Gasteiger partial charge is 0.357 e. The van der Waals surface area contributed by atoms with E-state index in [1.54, 1.807) is 0 Å². The molecule has 2 saturated heterocycles. The van der Waals surface area contributed by atoms with Gasteiger partial charge in [-0.25, -0.2) is 0 Å². The zero-order valence-electron chi connectivity index (χ0n) is 6.47. The molecular formula is C7H10Cl3NO. The van der Waals surface area contributed by atoms with Gasteiger partial charge in [-0.05, 0) is 12.8 Å². The molecule has 70 valence electrons. The highest BCUT2D eigenvalue weighted by molar-refractivity contribution is 6.68. The highest BCUT2D eigenvalue weighted by atomic mass is 35.6. The Kier molecular flexibility index (Phi) is 2.47. The third-order valence-electron chi connectivity index (χ3n) is 2.45. The van der Waals surface area contributed by atoms with E-state index in [2.05, 4.69) is 4.90 Å². The molecule has 0 aliphatic carbocycles. The van der Waals surface area contributed by atoms with Crippen LogP contribution in [0.2, 0.25) is 0 Å². The summed E-state index contributed by atoms with van der Waals surface area (Å²) >= 11 is 17.3. The number of fused-ring (bicyclic) bond motifs is 1. The van der Waals surface area contributed by atoms with Crippen LogP contribution in [0.15, 0.2) is 0 Å². The van der Waals surface area contributed by atoms with Gasteiger partial charge in [0.2, 0.25) is 3.79 Å². The van der Waals surface area contributed by atoms with Crippen LogP contribution in [-0.4, -0.2) is 34.1 Å². The molecule has 0 radical (unpaired) electrons. The maximum Gasteiger partial charge on any atom is 0.229 e. The summed E-state index contributed by atoms with van der Waals surface area (Å²) in [5.74, 6) is 0. The van der Waals surface area contributed by atoms with Gasteiger partial charge in [-0.1, -0.05) is 34.8 Å². The van der Waals surface area contributed by atoms with Crippen LogP contribution in [0.25, 0.3) is 0 Å². The first-order valence-electron chi connectivity index (χ1n) is 4.03. The molecule has 0 aromatic rings. The van der Waals surface area contributed by atoms with Crippen molar-refractivity contribution in [3.05, 3.63) is 0 Å². The van der Waals surface area contributed by atoms with Gasteiger partial charge < -0.3 is 4.74 Å². The van der Waals surface area contributed by atoms with Crippen LogP contribution >= 0.6 is 34.8 Å². The topological polar surface area (TPSA) is 12.5 Å². The molecule has 0 spiro atoms. The molecule has 2 heterocycles.